The van der Waals surface area contributed by atoms with Gasteiger partial charge in [0.2, 0.25) is 5.91 Å². The summed E-state index contributed by atoms with van der Waals surface area (Å²) in [6, 6.07) is 8.26. The standard InChI is InChI=1S/C17H20N4O3/c1-24-13-4-5-14(15(11-13)20-16(22)3-2-8-18)21-17(23)12-6-9-19-10-7-12/h4-7,9-11H,2-3,8,18H2,1H3,(H,20,22)(H,21,23). The number of carbonyl (C=O) groups excluding carboxylic acids is 2. The molecular formula is C17H20N4O3. The molecule has 0 unspecified atom stereocenters. The molecule has 7 heteroatoms. The number of hydrogen-bond acceptors (Lipinski definition) is 5. The fourth-order valence-electron chi connectivity index (χ4n) is 2.04. The van der Waals surface area contributed by atoms with Gasteiger partial charge in [0, 0.05) is 30.4 Å². The van der Waals surface area contributed by atoms with E-state index in [0.717, 1.165) is 0 Å². The summed E-state index contributed by atoms with van der Waals surface area (Å²) in [5, 5.41) is 5.55. The van der Waals surface area contributed by atoms with Crippen LogP contribution in [0.2, 0.25) is 0 Å². The highest BCUT2D eigenvalue weighted by Crippen LogP contribution is 2.27. The van der Waals surface area contributed by atoms with Crippen molar-refractivity contribution in [1.82, 2.24) is 4.98 Å². The van der Waals surface area contributed by atoms with Gasteiger partial charge in [0.25, 0.3) is 5.91 Å². The predicted molar refractivity (Wildman–Crippen MR) is 92.1 cm³/mol. The number of carbonyl (C=O) groups is 2. The molecule has 24 heavy (non-hydrogen) atoms. The molecular weight excluding hydrogens is 308 g/mol. The lowest BCUT2D eigenvalue weighted by atomic mass is 10.2. The maximum Gasteiger partial charge on any atom is 0.255 e. The van der Waals surface area contributed by atoms with E-state index >= 15 is 0 Å². The fourth-order valence-corrected chi connectivity index (χ4v) is 2.04. The van der Waals surface area contributed by atoms with E-state index in [2.05, 4.69) is 15.6 Å². The van der Waals surface area contributed by atoms with E-state index in [1.807, 2.05) is 0 Å². The number of hydrogen-bond donors (Lipinski definition) is 3. The van der Waals surface area contributed by atoms with E-state index in [4.69, 9.17) is 10.5 Å². The van der Waals surface area contributed by atoms with E-state index in [1.165, 1.54) is 7.11 Å². The summed E-state index contributed by atoms with van der Waals surface area (Å²) >= 11 is 0. The number of nitrogens with two attached hydrogens (primary N) is 1. The number of aromatic nitrogens is 1. The highest BCUT2D eigenvalue weighted by Gasteiger charge is 2.12. The van der Waals surface area contributed by atoms with Crippen LogP contribution in [0.15, 0.2) is 42.7 Å². The molecule has 0 aliphatic carbocycles. The van der Waals surface area contributed by atoms with Gasteiger partial charge in [-0.1, -0.05) is 0 Å². The Morgan fingerprint density at radius 1 is 1.12 bits per heavy atom. The summed E-state index contributed by atoms with van der Waals surface area (Å²) in [4.78, 5) is 28.1. The van der Waals surface area contributed by atoms with Crippen LogP contribution in [0.3, 0.4) is 0 Å². The molecule has 7 nitrogen and oxygen atoms in total. The molecule has 1 heterocycles. The molecule has 0 saturated carbocycles. The topological polar surface area (TPSA) is 106 Å². The third-order valence-electron chi connectivity index (χ3n) is 3.30. The Labute approximate surface area is 140 Å². The number of anilines is 2. The highest BCUT2D eigenvalue weighted by molar-refractivity contribution is 6.07. The van der Waals surface area contributed by atoms with Crippen molar-refractivity contribution < 1.29 is 14.3 Å². The number of nitrogens with zero attached hydrogens (tertiary/aromatic N) is 1. The first kappa shape index (κ1) is 17.4. The predicted octanol–water partition coefficient (Wildman–Crippen LogP) is 2.02. The Kier molecular flexibility index (Phi) is 6.27. The van der Waals surface area contributed by atoms with Gasteiger partial charge < -0.3 is 21.1 Å². The lowest BCUT2D eigenvalue weighted by molar-refractivity contribution is -0.116. The van der Waals surface area contributed by atoms with Crippen LogP contribution < -0.4 is 21.1 Å². The molecule has 4 N–H and O–H groups in total. The molecule has 2 amide bonds. The number of amides is 2. The monoisotopic (exact) mass is 328 g/mol. The first-order valence-corrected chi connectivity index (χ1v) is 7.53. The maximum atomic E-state index is 12.3. The summed E-state index contributed by atoms with van der Waals surface area (Å²) in [6.07, 6.45) is 3.98. The molecule has 0 spiro atoms. The van der Waals surface area contributed by atoms with Crippen molar-refractivity contribution in [3.8, 4) is 5.75 Å². The molecule has 126 valence electrons. The largest absolute Gasteiger partial charge is 0.497 e. The second-order valence-corrected chi connectivity index (χ2v) is 5.04. The van der Waals surface area contributed by atoms with Gasteiger partial charge >= 0.3 is 0 Å². The Balaban J connectivity index is 2.19. The summed E-state index contributed by atoms with van der Waals surface area (Å²) in [5.41, 5.74) is 6.84. The number of pyridine rings is 1. The molecule has 0 radical (unpaired) electrons. The van der Waals surface area contributed by atoms with Gasteiger partial charge in [-0.2, -0.15) is 0 Å². The van der Waals surface area contributed by atoms with Crippen LogP contribution in [0.4, 0.5) is 11.4 Å². The maximum absolute atomic E-state index is 12.3. The van der Waals surface area contributed by atoms with Crippen molar-refractivity contribution in [3.05, 3.63) is 48.3 Å². The highest BCUT2D eigenvalue weighted by atomic mass is 16.5. The van der Waals surface area contributed by atoms with Crippen molar-refractivity contribution in [2.45, 2.75) is 12.8 Å². The van der Waals surface area contributed by atoms with Crippen LogP contribution in [-0.4, -0.2) is 30.5 Å². The van der Waals surface area contributed by atoms with E-state index < -0.39 is 0 Å². The number of benzene rings is 1. The van der Waals surface area contributed by atoms with Gasteiger partial charge in [0.15, 0.2) is 0 Å². The molecule has 0 atom stereocenters. The van der Waals surface area contributed by atoms with Crippen LogP contribution >= 0.6 is 0 Å². The quantitative estimate of drug-likeness (QED) is 0.721. The third kappa shape index (κ3) is 4.79. The Morgan fingerprint density at radius 3 is 2.54 bits per heavy atom. The summed E-state index contributed by atoms with van der Waals surface area (Å²) in [7, 11) is 1.53. The van der Waals surface area contributed by atoms with Gasteiger partial charge in [0.05, 0.1) is 18.5 Å². The number of nitrogens with one attached hydrogen (secondary N) is 2. The lowest BCUT2D eigenvalue weighted by Gasteiger charge is -2.14. The van der Waals surface area contributed by atoms with E-state index in [0.29, 0.717) is 42.1 Å². The molecule has 1 aromatic heterocycles. The zero-order valence-corrected chi connectivity index (χ0v) is 13.4. The third-order valence-corrected chi connectivity index (χ3v) is 3.30. The second kappa shape index (κ2) is 8.64. The minimum Gasteiger partial charge on any atom is -0.497 e. The molecule has 2 rings (SSSR count). The van der Waals surface area contributed by atoms with Crippen LogP contribution in [0.5, 0.6) is 5.75 Å². The molecule has 0 fully saturated rings. The average Bonchev–Trinajstić information content (AvgIpc) is 2.62. The zero-order chi connectivity index (χ0) is 17.4. The zero-order valence-electron chi connectivity index (χ0n) is 13.4. The van der Waals surface area contributed by atoms with Crippen molar-refractivity contribution in [3.63, 3.8) is 0 Å². The van der Waals surface area contributed by atoms with Crippen LogP contribution in [0.25, 0.3) is 0 Å². The Hall–Kier alpha value is -2.93. The van der Waals surface area contributed by atoms with Crippen molar-refractivity contribution >= 4 is 23.2 Å². The van der Waals surface area contributed by atoms with Gasteiger partial charge in [-0.15, -0.1) is 0 Å². The SMILES string of the molecule is COc1ccc(NC(=O)c2ccncc2)c(NC(=O)CCCN)c1. The van der Waals surface area contributed by atoms with Crippen LogP contribution in [-0.2, 0) is 4.79 Å². The normalized spacial score (nSPS) is 10.1. The molecule has 1 aromatic carbocycles. The van der Waals surface area contributed by atoms with E-state index in [1.54, 1.807) is 42.7 Å². The van der Waals surface area contributed by atoms with Gasteiger partial charge in [0.1, 0.15) is 5.75 Å². The molecule has 0 aliphatic heterocycles. The second-order valence-electron chi connectivity index (χ2n) is 5.04. The van der Waals surface area contributed by atoms with Crippen molar-refractivity contribution in [2.75, 3.05) is 24.3 Å². The number of rotatable bonds is 7. The molecule has 0 bridgehead atoms. The van der Waals surface area contributed by atoms with Gasteiger partial charge in [-0.25, -0.2) is 0 Å². The smallest absolute Gasteiger partial charge is 0.255 e. The summed E-state index contributed by atoms with van der Waals surface area (Å²) < 4.78 is 5.17. The van der Waals surface area contributed by atoms with Crippen molar-refractivity contribution in [2.24, 2.45) is 5.73 Å². The minimum atomic E-state index is -0.292. The van der Waals surface area contributed by atoms with Gasteiger partial charge in [-0.3, -0.25) is 14.6 Å². The summed E-state index contributed by atoms with van der Waals surface area (Å²) in [5.74, 6) is 0.110. The summed E-state index contributed by atoms with van der Waals surface area (Å²) in [6.45, 7) is 0.442. The van der Waals surface area contributed by atoms with Crippen LogP contribution in [0, 0.1) is 0 Å². The lowest BCUT2D eigenvalue weighted by Crippen LogP contribution is -2.17. The minimum absolute atomic E-state index is 0.173. The fraction of sp³-hybridized carbons (Fsp3) is 0.235. The Morgan fingerprint density at radius 2 is 1.88 bits per heavy atom. The average molecular weight is 328 g/mol. The van der Waals surface area contributed by atoms with Gasteiger partial charge in [-0.05, 0) is 37.2 Å². The first-order valence-electron chi connectivity index (χ1n) is 7.53. The van der Waals surface area contributed by atoms with Crippen molar-refractivity contribution in [1.29, 1.82) is 0 Å². The van der Waals surface area contributed by atoms with E-state index in [-0.39, 0.29) is 11.8 Å². The number of methoxy groups -OCH3 is 1. The molecule has 0 saturated heterocycles. The molecule has 2 aromatic rings. The first-order chi connectivity index (χ1) is 11.6. The van der Waals surface area contributed by atoms with E-state index in [9.17, 15) is 9.59 Å². The molecule has 0 aliphatic rings. The van der Waals surface area contributed by atoms with Crippen LogP contribution in [0.1, 0.15) is 23.2 Å². The number of ether oxygens (including phenoxy) is 1. The Bertz CT molecular complexity index is 704.